The van der Waals surface area contributed by atoms with Crippen LogP contribution in [0.25, 0.3) is 0 Å². The normalized spacial score (nSPS) is 20.6. The fourth-order valence-electron chi connectivity index (χ4n) is 2.50. The van der Waals surface area contributed by atoms with E-state index in [0.29, 0.717) is 19.8 Å². The standard InChI is InChI=1S/C13H20N4O2S/c1-16-3-2-10-11(8-16)20-13(14-10)15-12(18)9-17-4-6-19-7-5-17/h2-9H2,1H3,(H,14,15,18). The van der Waals surface area contributed by atoms with Crippen molar-refractivity contribution in [2.75, 3.05) is 51.8 Å². The van der Waals surface area contributed by atoms with Gasteiger partial charge in [0.05, 0.1) is 25.5 Å². The molecule has 0 spiro atoms. The van der Waals surface area contributed by atoms with Gasteiger partial charge in [0.25, 0.3) is 0 Å². The Morgan fingerprint density at radius 3 is 3.00 bits per heavy atom. The van der Waals surface area contributed by atoms with Crippen LogP contribution in [0.4, 0.5) is 5.13 Å². The van der Waals surface area contributed by atoms with Gasteiger partial charge in [0, 0.05) is 37.5 Å². The van der Waals surface area contributed by atoms with Crippen LogP contribution in [0.5, 0.6) is 0 Å². The molecule has 1 saturated heterocycles. The van der Waals surface area contributed by atoms with Crippen LogP contribution in [-0.4, -0.2) is 67.1 Å². The predicted molar refractivity (Wildman–Crippen MR) is 78.0 cm³/mol. The van der Waals surface area contributed by atoms with Crippen LogP contribution >= 0.6 is 11.3 Å². The number of carbonyl (C=O) groups is 1. The molecule has 3 heterocycles. The number of morpholine rings is 1. The predicted octanol–water partition coefficient (Wildman–Crippen LogP) is 0.402. The maximum atomic E-state index is 12.0. The van der Waals surface area contributed by atoms with E-state index in [4.69, 9.17) is 4.74 Å². The van der Waals surface area contributed by atoms with Crippen LogP contribution in [-0.2, 0) is 22.5 Å². The number of carbonyl (C=O) groups excluding carboxylic acids is 1. The highest BCUT2D eigenvalue weighted by Crippen LogP contribution is 2.27. The van der Waals surface area contributed by atoms with E-state index < -0.39 is 0 Å². The fraction of sp³-hybridized carbons (Fsp3) is 0.692. The highest BCUT2D eigenvalue weighted by molar-refractivity contribution is 7.15. The van der Waals surface area contributed by atoms with Crippen molar-refractivity contribution in [3.05, 3.63) is 10.6 Å². The van der Waals surface area contributed by atoms with Crippen molar-refractivity contribution in [1.29, 1.82) is 0 Å². The van der Waals surface area contributed by atoms with Gasteiger partial charge in [-0.15, -0.1) is 11.3 Å². The monoisotopic (exact) mass is 296 g/mol. The highest BCUT2D eigenvalue weighted by atomic mass is 32.1. The number of thiazole rings is 1. The number of nitrogens with one attached hydrogen (secondary N) is 1. The minimum absolute atomic E-state index is 0.0198. The first-order valence-electron chi connectivity index (χ1n) is 6.98. The maximum absolute atomic E-state index is 12.0. The topological polar surface area (TPSA) is 57.7 Å². The van der Waals surface area contributed by atoms with Gasteiger partial charge in [0.15, 0.2) is 5.13 Å². The largest absolute Gasteiger partial charge is 0.379 e. The van der Waals surface area contributed by atoms with Crippen LogP contribution in [0.2, 0.25) is 0 Å². The maximum Gasteiger partial charge on any atom is 0.240 e. The lowest BCUT2D eigenvalue weighted by Crippen LogP contribution is -2.41. The number of likely N-dealkylation sites (N-methyl/N-ethyl adjacent to an activating group) is 1. The van der Waals surface area contributed by atoms with E-state index in [9.17, 15) is 4.79 Å². The summed E-state index contributed by atoms with van der Waals surface area (Å²) < 4.78 is 5.28. The molecule has 0 aromatic carbocycles. The first kappa shape index (κ1) is 13.9. The quantitative estimate of drug-likeness (QED) is 0.875. The van der Waals surface area contributed by atoms with Crippen LogP contribution in [0.15, 0.2) is 0 Å². The summed E-state index contributed by atoms with van der Waals surface area (Å²) in [7, 11) is 2.11. The molecule has 0 radical (unpaired) electrons. The molecule has 3 rings (SSSR count). The second kappa shape index (κ2) is 6.17. The number of hydrogen-bond donors (Lipinski definition) is 1. The third-order valence-corrected chi connectivity index (χ3v) is 4.64. The van der Waals surface area contributed by atoms with E-state index in [1.54, 1.807) is 11.3 Å². The molecule has 6 nitrogen and oxygen atoms in total. The number of amides is 1. The van der Waals surface area contributed by atoms with Crippen molar-refractivity contribution >= 4 is 22.4 Å². The smallest absolute Gasteiger partial charge is 0.240 e. The second-order valence-electron chi connectivity index (χ2n) is 5.31. The lowest BCUT2D eigenvalue weighted by Gasteiger charge is -2.25. The Morgan fingerprint density at radius 2 is 2.20 bits per heavy atom. The molecule has 1 fully saturated rings. The van der Waals surface area contributed by atoms with Gasteiger partial charge < -0.3 is 15.0 Å². The number of hydrogen-bond acceptors (Lipinski definition) is 6. The molecule has 0 saturated carbocycles. The van der Waals surface area contributed by atoms with E-state index in [2.05, 4.69) is 27.1 Å². The molecule has 0 unspecified atom stereocenters. The fourth-order valence-corrected chi connectivity index (χ4v) is 3.60. The Hall–Kier alpha value is -1.02. The summed E-state index contributed by atoms with van der Waals surface area (Å²) in [5.74, 6) is 0.0198. The van der Waals surface area contributed by atoms with E-state index in [1.165, 1.54) is 4.88 Å². The van der Waals surface area contributed by atoms with Gasteiger partial charge >= 0.3 is 0 Å². The van der Waals surface area contributed by atoms with Crippen LogP contribution in [0, 0.1) is 0 Å². The summed E-state index contributed by atoms with van der Waals surface area (Å²) in [4.78, 5) is 22.2. The second-order valence-corrected chi connectivity index (χ2v) is 6.40. The number of rotatable bonds is 3. The minimum Gasteiger partial charge on any atom is -0.379 e. The zero-order chi connectivity index (χ0) is 13.9. The molecular formula is C13H20N4O2S. The Balaban J connectivity index is 1.56. The molecule has 0 bridgehead atoms. The van der Waals surface area contributed by atoms with E-state index in [0.717, 1.165) is 43.4 Å². The first-order chi connectivity index (χ1) is 9.70. The summed E-state index contributed by atoms with van der Waals surface area (Å²) in [5, 5.41) is 3.67. The van der Waals surface area contributed by atoms with Crippen molar-refractivity contribution in [1.82, 2.24) is 14.8 Å². The molecule has 1 N–H and O–H groups in total. The molecule has 0 aliphatic carbocycles. The van der Waals surface area contributed by atoms with Crippen molar-refractivity contribution in [3.63, 3.8) is 0 Å². The lowest BCUT2D eigenvalue weighted by atomic mass is 10.2. The van der Waals surface area contributed by atoms with Gasteiger partial charge in [0.1, 0.15) is 0 Å². The third kappa shape index (κ3) is 3.35. The first-order valence-corrected chi connectivity index (χ1v) is 7.79. The Bertz CT molecular complexity index is 485. The molecule has 0 atom stereocenters. The van der Waals surface area contributed by atoms with Gasteiger partial charge in [0.2, 0.25) is 5.91 Å². The SMILES string of the molecule is CN1CCc2nc(NC(=O)CN3CCOCC3)sc2C1. The third-order valence-electron chi connectivity index (χ3n) is 3.64. The van der Waals surface area contributed by atoms with E-state index in [-0.39, 0.29) is 5.91 Å². The summed E-state index contributed by atoms with van der Waals surface area (Å²) in [6.45, 7) is 5.48. The van der Waals surface area contributed by atoms with Crippen molar-refractivity contribution in [3.8, 4) is 0 Å². The summed E-state index contributed by atoms with van der Waals surface area (Å²) in [6.07, 6.45) is 0.974. The van der Waals surface area contributed by atoms with Crippen LogP contribution in [0.3, 0.4) is 0 Å². The van der Waals surface area contributed by atoms with Crippen molar-refractivity contribution in [2.24, 2.45) is 0 Å². The van der Waals surface area contributed by atoms with Gasteiger partial charge in [-0.2, -0.15) is 0 Å². The number of aromatic nitrogens is 1. The molecular weight excluding hydrogens is 276 g/mol. The molecule has 1 aromatic heterocycles. The number of fused-ring (bicyclic) bond motifs is 1. The molecule has 1 amide bonds. The summed E-state index contributed by atoms with van der Waals surface area (Å²) >= 11 is 1.60. The molecule has 2 aliphatic heterocycles. The Labute approximate surface area is 122 Å². The molecule has 2 aliphatic rings. The van der Waals surface area contributed by atoms with Crippen LogP contribution < -0.4 is 5.32 Å². The van der Waals surface area contributed by atoms with E-state index >= 15 is 0 Å². The molecule has 7 heteroatoms. The Morgan fingerprint density at radius 1 is 1.40 bits per heavy atom. The van der Waals surface area contributed by atoms with Crippen molar-refractivity contribution < 1.29 is 9.53 Å². The Kier molecular flexibility index (Phi) is 4.30. The van der Waals surface area contributed by atoms with Crippen LogP contribution in [0.1, 0.15) is 10.6 Å². The lowest BCUT2D eigenvalue weighted by molar-refractivity contribution is -0.118. The van der Waals surface area contributed by atoms with Gasteiger partial charge in [-0.05, 0) is 7.05 Å². The average Bonchev–Trinajstić information content (AvgIpc) is 2.80. The molecule has 1 aromatic rings. The average molecular weight is 296 g/mol. The molecule has 20 heavy (non-hydrogen) atoms. The highest BCUT2D eigenvalue weighted by Gasteiger charge is 2.20. The van der Waals surface area contributed by atoms with Crippen molar-refractivity contribution in [2.45, 2.75) is 13.0 Å². The van der Waals surface area contributed by atoms with E-state index in [1.807, 2.05) is 0 Å². The zero-order valence-corrected chi connectivity index (χ0v) is 12.5. The van der Waals surface area contributed by atoms with Gasteiger partial charge in [-0.1, -0.05) is 0 Å². The minimum atomic E-state index is 0.0198. The van der Waals surface area contributed by atoms with Gasteiger partial charge in [-0.3, -0.25) is 9.69 Å². The molecule has 110 valence electrons. The summed E-state index contributed by atoms with van der Waals surface area (Å²) in [5.41, 5.74) is 1.15. The summed E-state index contributed by atoms with van der Waals surface area (Å²) in [6, 6.07) is 0. The van der Waals surface area contributed by atoms with Gasteiger partial charge in [-0.25, -0.2) is 4.98 Å². The number of nitrogens with zero attached hydrogens (tertiary/aromatic N) is 3. The zero-order valence-electron chi connectivity index (χ0n) is 11.7. The number of ether oxygens (including phenoxy) is 1. The number of anilines is 1.